The van der Waals surface area contributed by atoms with E-state index in [-0.39, 0.29) is 10.7 Å². The van der Waals surface area contributed by atoms with E-state index < -0.39 is 10.0 Å². The van der Waals surface area contributed by atoms with Gasteiger partial charge in [-0.15, -0.1) is 0 Å². The van der Waals surface area contributed by atoms with Gasteiger partial charge in [0.25, 0.3) is 10.0 Å². The van der Waals surface area contributed by atoms with Gasteiger partial charge >= 0.3 is 0 Å². The second kappa shape index (κ2) is 6.27. The molecule has 3 aromatic carbocycles. The number of nitrogens with zero attached hydrogens (tertiary/aromatic N) is 1. The summed E-state index contributed by atoms with van der Waals surface area (Å²) in [6.07, 6.45) is 1.63. The Kier molecular flexibility index (Phi) is 3.93. The molecule has 0 bridgehead atoms. The minimum Gasteiger partial charge on any atom is -0.280 e. The molecule has 0 unspecified atom stereocenters. The maximum absolute atomic E-state index is 13.1. The Balaban J connectivity index is 1.67. The van der Waals surface area contributed by atoms with Crippen LogP contribution in [-0.4, -0.2) is 18.6 Å². The number of benzene rings is 3. The van der Waals surface area contributed by atoms with Crippen LogP contribution in [0.2, 0.25) is 0 Å². The number of nitrogens with one attached hydrogen (secondary N) is 2. The number of hydrogen-bond acceptors (Lipinski definition) is 3. The highest BCUT2D eigenvalue weighted by molar-refractivity contribution is 7.92. The predicted octanol–water partition coefficient (Wildman–Crippen LogP) is 4.17. The molecule has 0 fully saturated rings. The normalized spacial score (nSPS) is 11.6. The number of sulfonamides is 1. The van der Waals surface area contributed by atoms with E-state index in [1.165, 1.54) is 18.2 Å². The molecule has 0 aliphatic heterocycles. The van der Waals surface area contributed by atoms with Gasteiger partial charge < -0.3 is 0 Å². The van der Waals surface area contributed by atoms with E-state index >= 15 is 0 Å². The van der Waals surface area contributed by atoms with E-state index in [0.29, 0.717) is 11.3 Å². The van der Waals surface area contributed by atoms with Gasteiger partial charge in [-0.1, -0.05) is 24.3 Å². The predicted molar refractivity (Wildman–Crippen MR) is 98.7 cm³/mol. The Morgan fingerprint density at radius 2 is 1.73 bits per heavy atom. The first kappa shape index (κ1) is 16.3. The van der Waals surface area contributed by atoms with Crippen LogP contribution in [0.3, 0.4) is 0 Å². The third kappa shape index (κ3) is 3.16. The number of aromatic amines is 1. The summed E-state index contributed by atoms with van der Waals surface area (Å²) in [7, 11) is -3.76. The molecule has 0 aliphatic carbocycles. The van der Waals surface area contributed by atoms with Gasteiger partial charge in [-0.2, -0.15) is 5.10 Å². The highest BCUT2D eigenvalue weighted by Gasteiger charge is 2.15. The third-order valence-corrected chi connectivity index (χ3v) is 5.39. The first-order valence-electron chi connectivity index (χ1n) is 7.83. The zero-order valence-electron chi connectivity index (χ0n) is 13.5. The lowest BCUT2D eigenvalue weighted by Gasteiger charge is -2.10. The third-order valence-electron chi connectivity index (χ3n) is 4.01. The standard InChI is InChI=1S/C19H14FN3O2S/c20-16-6-4-13(5-7-16)14-2-1-3-18(11-14)26(24,25)23-17-8-9-19-15(10-17)12-21-22-19/h1-12,23H,(H,21,22). The molecule has 0 atom stereocenters. The quantitative estimate of drug-likeness (QED) is 0.568. The SMILES string of the molecule is O=S(=O)(Nc1ccc2[nH]ncc2c1)c1cccc(-c2ccc(F)cc2)c1. The number of aromatic nitrogens is 2. The van der Waals surface area contributed by atoms with Gasteiger partial charge in [0.15, 0.2) is 0 Å². The number of H-pyrrole nitrogens is 1. The van der Waals surface area contributed by atoms with E-state index in [0.717, 1.165) is 16.5 Å². The van der Waals surface area contributed by atoms with Crippen LogP contribution >= 0.6 is 0 Å². The van der Waals surface area contributed by atoms with Gasteiger partial charge in [-0.3, -0.25) is 9.82 Å². The van der Waals surface area contributed by atoms with Gasteiger partial charge in [0.05, 0.1) is 16.6 Å². The monoisotopic (exact) mass is 367 g/mol. The van der Waals surface area contributed by atoms with Crippen LogP contribution in [0.1, 0.15) is 0 Å². The molecule has 0 amide bonds. The fourth-order valence-electron chi connectivity index (χ4n) is 2.71. The molecule has 0 aliphatic rings. The van der Waals surface area contributed by atoms with Crippen molar-refractivity contribution in [1.29, 1.82) is 0 Å². The Morgan fingerprint density at radius 3 is 2.54 bits per heavy atom. The minimum absolute atomic E-state index is 0.131. The van der Waals surface area contributed by atoms with Crippen LogP contribution in [-0.2, 0) is 10.0 Å². The summed E-state index contributed by atoms with van der Waals surface area (Å²) in [6.45, 7) is 0. The Morgan fingerprint density at radius 1 is 0.923 bits per heavy atom. The molecule has 0 saturated carbocycles. The van der Waals surface area contributed by atoms with Crippen molar-refractivity contribution >= 4 is 26.6 Å². The molecular weight excluding hydrogens is 353 g/mol. The summed E-state index contributed by atoms with van der Waals surface area (Å²) in [6, 6.07) is 17.6. The summed E-state index contributed by atoms with van der Waals surface area (Å²) in [5.74, 6) is -0.339. The maximum Gasteiger partial charge on any atom is 0.261 e. The summed E-state index contributed by atoms with van der Waals surface area (Å²) < 4.78 is 41.1. The number of hydrogen-bond donors (Lipinski definition) is 2. The smallest absolute Gasteiger partial charge is 0.261 e. The van der Waals surface area contributed by atoms with Crippen molar-refractivity contribution in [2.75, 3.05) is 4.72 Å². The Labute approximate surface area is 149 Å². The second-order valence-electron chi connectivity index (χ2n) is 5.81. The van der Waals surface area contributed by atoms with Crippen molar-refractivity contribution in [2.24, 2.45) is 0 Å². The van der Waals surface area contributed by atoms with Crippen LogP contribution in [0.5, 0.6) is 0 Å². The van der Waals surface area contributed by atoms with Crippen LogP contribution in [0.15, 0.2) is 77.8 Å². The number of fused-ring (bicyclic) bond motifs is 1. The molecule has 2 N–H and O–H groups in total. The van der Waals surface area contributed by atoms with Crippen molar-refractivity contribution in [2.45, 2.75) is 4.90 Å². The zero-order chi connectivity index (χ0) is 18.1. The van der Waals surface area contributed by atoms with E-state index in [2.05, 4.69) is 14.9 Å². The van der Waals surface area contributed by atoms with E-state index in [9.17, 15) is 12.8 Å². The van der Waals surface area contributed by atoms with Crippen molar-refractivity contribution < 1.29 is 12.8 Å². The van der Waals surface area contributed by atoms with Crippen molar-refractivity contribution in [3.63, 3.8) is 0 Å². The first-order valence-corrected chi connectivity index (χ1v) is 9.31. The summed E-state index contributed by atoms with van der Waals surface area (Å²) in [5, 5.41) is 7.55. The fourth-order valence-corrected chi connectivity index (χ4v) is 3.80. The van der Waals surface area contributed by atoms with Gasteiger partial charge in [0.2, 0.25) is 0 Å². The maximum atomic E-state index is 13.1. The average molecular weight is 367 g/mol. The average Bonchev–Trinajstić information content (AvgIpc) is 3.10. The number of halogens is 1. The van der Waals surface area contributed by atoms with Crippen LogP contribution in [0, 0.1) is 5.82 Å². The largest absolute Gasteiger partial charge is 0.280 e. The van der Waals surface area contributed by atoms with E-state index in [1.807, 2.05) is 0 Å². The molecular formula is C19H14FN3O2S. The van der Waals surface area contributed by atoms with Crippen molar-refractivity contribution in [3.05, 3.63) is 78.7 Å². The molecule has 0 spiro atoms. The number of rotatable bonds is 4. The molecule has 1 aromatic heterocycles. The fraction of sp³-hybridized carbons (Fsp3) is 0. The van der Waals surface area contributed by atoms with Crippen LogP contribution < -0.4 is 4.72 Å². The summed E-state index contributed by atoms with van der Waals surface area (Å²) >= 11 is 0. The minimum atomic E-state index is -3.76. The summed E-state index contributed by atoms with van der Waals surface area (Å²) in [4.78, 5) is 0.131. The lowest BCUT2D eigenvalue weighted by atomic mass is 10.1. The molecule has 0 saturated heterocycles. The second-order valence-corrected chi connectivity index (χ2v) is 7.49. The van der Waals surface area contributed by atoms with Crippen molar-refractivity contribution in [1.82, 2.24) is 10.2 Å². The number of anilines is 1. The van der Waals surface area contributed by atoms with E-state index in [1.54, 1.807) is 54.7 Å². The molecule has 130 valence electrons. The van der Waals surface area contributed by atoms with E-state index in [4.69, 9.17) is 0 Å². The van der Waals surface area contributed by atoms with Crippen molar-refractivity contribution in [3.8, 4) is 11.1 Å². The van der Waals surface area contributed by atoms with Crippen LogP contribution in [0.4, 0.5) is 10.1 Å². The Hall–Kier alpha value is -3.19. The highest BCUT2D eigenvalue weighted by atomic mass is 32.2. The molecule has 26 heavy (non-hydrogen) atoms. The molecule has 0 radical (unpaired) electrons. The lowest BCUT2D eigenvalue weighted by Crippen LogP contribution is -2.12. The molecule has 4 rings (SSSR count). The first-order chi connectivity index (χ1) is 12.5. The zero-order valence-corrected chi connectivity index (χ0v) is 14.3. The van der Waals surface area contributed by atoms with Gasteiger partial charge in [-0.05, 0) is 53.6 Å². The van der Waals surface area contributed by atoms with Gasteiger partial charge in [-0.25, -0.2) is 12.8 Å². The summed E-state index contributed by atoms with van der Waals surface area (Å²) in [5.41, 5.74) is 2.71. The molecule has 7 heteroatoms. The molecule has 1 heterocycles. The lowest BCUT2D eigenvalue weighted by molar-refractivity contribution is 0.601. The van der Waals surface area contributed by atoms with Gasteiger partial charge in [0, 0.05) is 11.1 Å². The topological polar surface area (TPSA) is 74.8 Å². The van der Waals surface area contributed by atoms with Crippen LogP contribution in [0.25, 0.3) is 22.0 Å². The van der Waals surface area contributed by atoms with Gasteiger partial charge in [0.1, 0.15) is 5.82 Å². The highest BCUT2D eigenvalue weighted by Crippen LogP contribution is 2.25. The molecule has 5 nitrogen and oxygen atoms in total. The Bertz CT molecular complexity index is 1180. The molecule has 4 aromatic rings.